The maximum Gasteiger partial charge on any atom is 0.416 e. The van der Waals surface area contributed by atoms with Gasteiger partial charge in [0, 0.05) is 17.8 Å². The van der Waals surface area contributed by atoms with Crippen LogP contribution in [0, 0.1) is 0 Å². The van der Waals surface area contributed by atoms with Crippen molar-refractivity contribution in [3.63, 3.8) is 0 Å². The highest BCUT2D eigenvalue weighted by atomic mass is 19.4. The predicted molar refractivity (Wildman–Crippen MR) is 88.6 cm³/mol. The van der Waals surface area contributed by atoms with Crippen molar-refractivity contribution in [1.82, 2.24) is 4.98 Å². The average Bonchev–Trinajstić information content (AvgIpc) is 2.60. The molecule has 0 aliphatic carbocycles. The summed E-state index contributed by atoms with van der Waals surface area (Å²) in [5.41, 5.74) is -2.00. The number of esters is 1. The van der Waals surface area contributed by atoms with Crippen molar-refractivity contribution in [2.24, 2.45) is 0 Å². The van der Waals surface area contributed by atoms with Crippen LogP contribution in [0.15, 0.2) is 48.8 Å². The van der Waals surface area contributed by atoms with E-state index < -0.39 is 41.8 Å². The molecule has 152 valence electrons. The first kappa shape index (κ1) is 21.7. The van der Waals surface area contributed by atoms with Gasteiger partial charge in [0.2, 0.25) is 0 Å². The van der Waals surface area contributed by atoms with Gasteiger partial charge in [0.05, 0.1) is 17.5 Å². The highest BCUT2D eigenvalue weighted by Gasteiger charge is 2.43. The fraction of sp³-hybridized carbons (Fsp3) is 0.368. The summed E-state index contributed by atoms with van der Waals surface area (Å²) in [6.45, 7) is 2.97. The summed E-state index contributed by atoms with van der Waals surface area (Å²) in [5, 5.41) is 0. The zero-order valence-electron chi connectivity index (χ0n) is 14.9. The number of hydrogen-bond donors (Lipinski definition) is 0. The van der Waals surface area contributed by atoms with Crippen molar-refractivity contribution < 1.29 is 35.9 Å². The third-order valence-corrected chi connectivity index (χ3v) is 4.34. The molecule has 0 aliphatic rings. The van der Waals surface area contributed by atoms with Gasteiger partial charge in [-0.3, -0.25) is 4.98 Å². The standard InChI is InChI=1S/C19H17F6NO2/c1-17(2,13-7-9-26-10-8-13)15(11-18(20,21)22)28-16(27)12-3-5-14(6-4-12)19(23,24)25/h3-10,15H,11H2,1-2H3. The van der Waals surface area contributed by atoms with Crippen LogP contribution in [0.4, 0.5) is 26.3 Å². The summed E-state index contributed by atoms with van der Waals surface area (Å²) in [6.07, 6.45) is -9.40. The second-order valence-electron chi connectivity index (χ2n) is 6.75. The van der Waals surface area contributed by atoms with Gasteiger partial charge >= 0.3 is 18.3 Å². The molecule has 0 N–H and O–H groups in total. The number of nitrogens with zero attached hydrogens (tertiary/aromatic N) is 1. The average molecular weight is 405 g/mol. The van der Waals surface area contributed by atoms with Crippen molar-refractivity contribution in [3.05, 3.63) is 65.5 Å². The van der Waals surface area contributed by atoms with E-state index in [9.17, 15) is 31.1 Å². The quantitative estimate of drug-likeness (QED) is 0.483. The maximum absolute atomic E-state index is 13.1. The summed E-state index contributed by atoms with van der Waals surface area (Å²) in [5.74, 6) is -1.13. The number of benzene rings is 1. The molecule has 0 saturated heterocycles. The second-order valence-corrected chi connectivity index (χ2v) is 6.75. The van der Waals surface area contributed by atoms with E-state index >= 15 is 0 Å². The summed E-state index contributed by atoms with van der Waals surface area (Å²) in [4.78, 5) is 16.1. The van der Waals surface area contributed by atoms with Crippen LogP contribution >= 0.6 is 0 Å². The Balaban J connectivity index is 2.28. The molecule has 1 atom stereocenters. The third kappa shape index (κ3) is 5.46. The molecule has 9 heteroatoms. The van der Waals surface area contributed by atoms with Crippen LogP contribution < -0.4 is 0 Å². The van der Waals surface area contributed by atoms with Gasteiger partial charge in [0.15, 0.2) is 0 Å². The van der Waals surface area contributed by atoms with Gasteiger partial charge in [0.25, 0.3) is 0 Å². The van der Waals surface area contributed by atoms with Crippen molar-refractivity contribution in [1.29, 1.82) is 0 Å². The summed E-state index contributed by atoms with van der Waals surface area (Å²) in [6, 6.07) is 6.10. The Hall–Kier alpha value is -2.58. The number of rotatable bonds is 5. The van der Waals surface area contributed by atoms with Crippen LogP contribution in [0.1, 0.15) is 41.8 Å². The summed E-state index contributed by atoms with van der Waals surface area (Å²) >= 11 is 0. The van der Waals surface area contributed by atoms with Gasteiger partial charge in [-0.2, -0.15) is 26.3 Å². The molecule has 0 aliphatic heterocycles. The van der Waals surface area contributed by atoms with Gasteiger partial charge in [-0.25, -0.2) is 4.79 Å². The SMILES string of the molecule is CC(C)(c1ccncc1)C(CC(F)(F)F)OC(=O)c1ccc(C(F)(F)F)cc1. The molecule has 2 rings (SSSR count). The first-order valence-corrected chi connectivity index (χ1v) is 8.16. The molecule has 0 bridgehead atoms. The van der Waals surface area contributed by atoms with Crippen molar-refractivity contribution >= 4 is 5.97 Å². The van der Waals surface area contributed by atoms with Crippen LogP contribution in [0.2, 0.25) is 0 Å². The maximum atomic E-state index is 13.1. The molecule has 0 spiro atoms. The van der Waals surface area contributed by atoms with Crippen molar-refractivity contribution in [3.8, 4) is 0 Å². The number of pyridine rings is 1. The van der Waals surface area contributed by atoms with E-state index in [1.165, 1.54) is 38.4 Å². The van der Waals surface area contributed by atoms with E-state index in [0.717, 1.165) is 12.1 Å². The Morgan fingerprint density at radius 1 is 0.929 bits per heavy atom. The first-order valence-electron chi connectivity index (χ1n) is 8.16. The van der Waals surface area contributed by atoms with E-state index in [-0.39, 0.29) is 5.56 Å². The van der Waals surface area contributed by atoms with Gasteiger partial charge in [0.1, 0.15) is 6.10 Å². The molecule has 1 heterocycles. The van der Waals surface area contributed by atoms with Crippen molar-refractivity contribution in [2.45, 2.75) is 44.1 Å². The molecule has 0 fully saturated rings. The second kappa shape index (κ2) is 7.81. The normalized spacial score (nSPS) is 13.9. The molecule has 1 unspecified atom stereocenters. The first-order chi connectivity index (χ1) is 12.8. The van der Waals surface area contributed by atoms with Gasteiger partial charge in [-0.05, 0) is 42.0 Å². The number of alkyl halides is 6. The number of hydrogen-bond acceptors (Lipinski definition) is 3. The van der Waals surface area contributed by atoms with Crippen LogP contribution in [0.3, 0.4) is 0 Å². The minimum absolute atomic E-state index is 0.272. The molecule has 0 radical (unpaired) electrons. The van der Waals surface area contributed by atoms with Gasteiger partial charge in [-0.15, -0.1) is 0 Å². The molecule has 28 heavy (non-hydrogen) atoms. The van der Waals surface area contributed by atoms with Gasteiger partial charge in [-0.1, -0.05) is 13.8 Å². The lowest BCUT2D eigenvalue weighted by atomic mass is 9.78. The van der Waals surface area contributed by atoms with Gasteiger partial charge < -0.3 is 4.74 Å². The fourth-order valence-corrected chi connectivity index (χ4v) is 2.61. The largest absolute Gasteiger partial charge is 0.457 e. The Labute approximate surface area is 157 Å². The summed E-state index contributed by atoms with van der Waals surface area (Å²) in [7, 11) is 0. The Morgan fingerprint density at radius 3 is 1.93 bits per heavy atom. The predicted octanol–water partition coefficient (Wildman–Crippen LogP) is 5.56. The summed E-state index contributed by atoms with van der Waals surface area (Å²) < 4.78 is 82.1. The third-order valence-electron chi connectivity index (χ3n) is 4.34. The number of aromatic nitrogens is 1. The lowest BCUT2D eigenvalue weighted by Crippen LogP contribution is -2.40. The number of carbonyl (C=O) groups excluding carboxylic acids is 1. The highest BCUT2D eigenvalue weighted by Crippen LogP contribution is 2.36. The molecule has 0 saturated carbocycles. The smallest absolute Gasteiger partial charge is 0.416 e. The lowest BCUT2D eigenvalue weighted by Gasteiger charge is -2.34. The molecule has 1 aromatic carbocycles. The van der Waals surface area contributed by atoms with Crippen LogP contribution in [0.25, 0.3) is 0 Å². The Kier molecular flexibility index (Phi) is 6.06. The topological polar surface area (TPSA) is 39.2 Å². The highest BCUT2D eigenvalue weighted by molar-refractivity contribution is 5.89. The zero-order chi connectivity index (χ0) is 21.2. The van der Waals surface area contributed by atoms with Crippen LogP contribution in [-0.2, 0) is 16.3 Å². The van der Waals surface area contributed by atoms with E-state index in [1.807, 2.05) is 0 Å². The zero-order valence-corrected chi connectivity index (χ0v) is 14.9. The Bertz CT molecular complexity index is 798. The minimum atomic E-state index is -4.62. The monoisotopic (exact) mass is 405 g/mol. The van der Waals surface area contributed by atoms with E-state index in [2.05, 4.69) is 4.98 Å². The molecule has 3 nitrogen and oxygen atoms in total. The minimum Gasteiger partial charge on any atom is -0.457 e. The number of carbonyl (C=O) groups is 1. The molecular weight excluding hydrogens is 388 g/mol. The number of ether oxygens (including phenoxy) is 1. The molecule has 0 amide bonds. The lowest BCUT2D eigenvalue weighted by molar-refractivity contribution is -0.161. The molecule has 1 aromatic heterocycles. The fourth-order valence-electron chi connectivity index (χ4n) is 2.61. The van der Waals surface area contributed by atoms with Crippen molar-refractivity contribution in [2.75, 3.05) is 0 Å². The Morgan fingerprint density at radius 2 is 1.46 bits per heavy atom. The molecule has 2 aromatic rings. The number of halogens is 6. The van der Waals surface area contributed by atoms with Crippen LogP contribution in [-0.4, -0.2) is 23.2 Å². The molecular formula is C19H17F6NO2. The van der Waals surface area contributed by atoms with E-state index in [4.69, 9.17) is 4.74 Å². The van der Waals surface area contributed by atoms with Crippen LogP contribution in [0.5, 0.6) is 0 Å². The van der Waals surface area contributed by atoms with E-state index in [1.54, 1.807) is 0 Å². The van der Waals surface area contributed by atoms with E-state index in [0.29, 0.717) is 17.7 Å².